The summed E-state index contributed by atoms with van der Waals surface area (Å²) in [4.78, 5) is 21.2. The van der Waals surface area contributed by atoms with Crippen molar-refractivity contribution >= 4 is 11.6 Å². The lowest BCUT2D eigenvalue weighted by molar-refractivity contribution is -0.137. The normalized spacial score (nSPS) is 11.4. The Morgan fingerprint density at radius 2 is 1.88 bits per heavy atom. The summed E-state index contributed by atoms with van der Waals surface area (Å²) in [6.07, 6.45) is -1.93. The molecule has 4 rings (SSSR count). The highest BCUT2D eigenvalue weighted by Gasteiger charge is 2.34. The number of amides is 1. The quantitative estimate of drug-likeness (QED) is 0.430. The number of carbonyl (C=O) groups is 1. The number of aliphatic hydroxyl groups excluding tert-OH is 1. The molecule has 4 aromatic rings. The van der Waals surface area contributed by atoms with Crippen molar-refractivity contribution in [1.82, 2.24) is 20.2 Å². The van der Waals surface area contributed by atoms with Crippen LogP contribution in [0.15, 0.2) is 67.0 Å². The number of benzene rings is 2. The third kappa shape index (κ3) is 4.35. The molecule has 0 spiro atoms. The average molecular weight is 439 g/mol. The van der Waals surface area contributed by atoms with Crippen LogP contribution in [0.1, 0.15) is 21.7 Å². The lowest BCUT2D eigenvalue weighted by atomic mass is 10.0. The largest absolute Gasteiger partial charge is 0.417 e. The maximum absolute atomic E-state index is 13.5. The molecule has 0 bridgehead atoms. The first-order valence-corrected chi connectivity index (χ1v) is 9.41. The smallest absolute Gasteiger partial charge is 0.388 e. The van der Waals surface area contributed by atoms with Gasteiger partial charge >= 0.3 is 6.18 Å². The maximum Gasteiger partial charge on any atom is 0.417 e. The van der Waals surface area contributed by atoms with Gasteiger partial charge in [-0.2, -0.15) is 18.3 Å². The molecule has 2 heterocycles. The van der Waals surface area contributed by atoms with E-state index in [0.717, 1.165) is 18.2 Å². The number of alkyl halides is 3. The number of aromatic amines is 1. The second-order valence-corrected chi connectivity index (χ2v) is 6.76. The molecule has 0 aliphatic rings. The van der Waals surface area contributed by atoms with Crippen LogP contribution >= 0.6 is 0 Å². The molecule has 7 nitrogen and oxygen atoms in total. The van der Waals surface area contributed by atoms with E-state index >= 15 is 0 Å². The molecule has 3 N–H and O–H groups in total. The number of H-pyrrole nitrogens is 1. The second-order valence-electron chi connectivity index (χ2n) is 6.76. The third-order valence-electron chi connectivity index (χ3n) is 4.65. The highest BCUT2D eigenvalue weighted by Crippen LogP contribution is 2.37. The van der Waals surface area contributed by atoms with Crippen molar-refractivity contribution < 1.29 is 23.1 Å². The summed E-state index contributed by atoms with van der Waals surface area (Å²) in [6.45, 7) is -0.388. The zero-order valence-corrected chi connectivity index (χ0v) is 16.4. The van der Waals surface area contributed by atoms with E-state index in [1.807, 2.05) is 6.07 Å². The average Bonchev–Trinajstić information content (AvgIpc) is 3.34. The number of hydrogen-bond donors (Lipinski definition) is 3. The lowest BCUT2D eigenvalue weighted by Crippen LogP contribution is -2.15. The Balaban J connectivity index is 1.72. The molecular weight excluding hydrogens is 423 g/mol. The van der Waals surface area contributed by atoms with Gasteiger partial charge in [0.1, 0.15) is 6.61 Å². The van der Waals surface area contributed by atoms with Crippen LogP contribution < -0.4 is 5.32 Å². The summed E-state index contributed by atoms with van der Waals surface area (Å²) in [5.41, 5.74) is 0.350. The number of aliphatic hydroxyl groups is 1. The highest BCUT2D eigenvalue weighted by atomic mass is 19.4. The van der Waals surface area contributed by atoms with Crippen molar-refractivity contribution in [3.63, 3.8) is 0 Å². The number of anilines is 1. The highest BCUT2D eigenvalue weighted by molar-refractivity contribution is 6.06. The number of halogens is 3. The second kappa shape index (κ2) is 8.60. The molecule has 0 aliphatic carbocycles. The predicted molar refractivity (Wildman–Crippen MR) is 110 cm³/mol. The third-order valence-corrected chi connectivity index (χ3v) is 4.65. The van der Waals surface area contributed by atoms with Crippen molar-refractivity contribution in [2.24, 2.45) is 0 Å². The first-order chi connectivity index (χ1) is 15.4. The Bertz CT molecular complexity index is 1240. The van der Waals surface area contributed by atoms with E-state index in [0.29, 0.717) is 11.3 Å². The van der Waals surface area contributed by atoms with Crippen molar-refractivity contribution in [3.8, 4) is 22.5 Å². The lowest BCUT2D eigenvalue weighted by Gasteiger charge is -2.14. The Hall–Kier alpha value is -4.05. The molecule has 0 aliphatic heterocycles. The van der Waals surface area contributed by atoms with E-state index in [9.17, 15) is 23.1 Å². The van der Waals surface area contributed by atoms with E-state index in [1.165, 1.54) is 18.5 Å². The van der Waals surface area contributed by atoms with E-state index in [1.54, 1.807) is 24.3 Å². The Kier molecular flexibility index (Phi) is 5.69. The van der Waals surface area contributed by atoms with Gasteiger partial charge in [0.25, 0.3) is 5.91 Å². The Labute approximate surface area is 180 Å². The van der Waals surface area contributed by atoms with Gasteiger partial charge in [0.15, 0.2) is 5.82 Å². The molecule has 32 heavy (non-hydrogen) atoms. The molecular formula is C22H16F3N5O2. The molecule has 0 atom stereocenters. The van der Waals surface area contributed by atoms with Gasteiger partial charge in [-0.1, -0.05) is 30.3 Å². The Morgan fingerprint density at radius 3 is 2.53 bits per heavy atom. The molecule has 10 heteroatoms. The molecule has 0 saturated heterocycles. The molecule has 0 unspecified atom stereocenters. The number of rotatable bonds is 5. The molecule has 0 saturated carbocycles. The maximum atomic E-state index is 13.5. The number of aromatic nitrogens is 4. The minimum atomic E-state index is -4.61. The van der Waals surface area contributed by atoms with Crippen LogP contribution in [0, 0.1) is 0 Å². The first-order valence-electron chi connectivity index (χ1n) is 9.41. The van der Waals surface area contributed by atoms with E-state index in [2.05, 4.69) is 25.5 Å². The van der Waals surface area contributed by atoms with Gasteiger partial charge in [0, 0.05) is 22.9 Å². The van der Waals surface area contributed by atoms with Crippen LogP contribution in [0.5, 0.6) is 0 Å². The predicted octanol–water partition coefficient (Wildman–Crippen LogP) is 4.30. The van der Waals surface area contributed by atoms with E-state index in [4.69, 9.17) is 0 Å². The fourth-order valence-electron chi connectivity index (χ4n) is 3.16. The van der Waals surface area contributed by atoms with Crippen molar-refractivity contribution in [2.45, 2.75) is 12.8 Å². The minimum Gasteiger partial charge on any atom is -0.388 e. The first kappa shape index (κ1) is 21.2. The van der Waals surface area contributed by atoms with Crippen LogP contribution in [0.3, 0.4) is 0 Å². The topological polar surface area (TPSA) is 104 Å². The fourth-order valence-corrected chi connectivity index (χ4v) is 3.16. The van der Waals surface area contributed by atoms with E-state index < -0.39 is 17.6 Å². The molecule has 2 aromatic heterocycles. The minimum absolute atomic E-state index is 0.00727. The summed E-state index contributed by atoms with van der Waals surface area (Å²) in [6, 6.07) is 13.4. The van der Waals surface area contributed by atoms with Gasteiger partial charge in [-0.25, -0.2) is 9.97 Å². The van der Waals surface area contributed by atoms with Crippen LogP contribution in [0.2, 0.25) is 0 Å². The van der Waals surface area contributed by atoms with Crippen LogP contribution in [-0.4, -0.2) is 31.2 Å². The zero-order valence-electron chi connectivity index (χ0n) is 16.4. The van der Waals surface area contributed by atoms with Crippen LogP contribution in [-0.2, 0) is 12.8 Å². The SMILES string of the molecule is O=C(Nc1cnc(CO)nc1-c1ccccc1)c1ccc(C(F)(F)F)c(-c2ccn[nH]2)c1. The van der Waals surface area contributed by atoms with E-state index in [-0.39, 0.29) is 34.9 Å². The number of hydrogen-bond acceptors (Lipinski definition) is 5. The van der Waals surface area contributed by atoms with Crippen molar-refractivity contribution in [3.05, 3.63) is 83.9 Å². The van der Waals surface area contributed by atoms with Crippen LogP contribution in [0.25, 0.3) is 22.5 Å². The number of nitrogens with one attached hydrogen (secondary N) is 2. The molecule has 1 amide bonds. The Morgan fingerprint density at radius 1 is 1.09 bits per heavy atom. The summed E-state index contributed by atoms with van der Waals surface area (Å²) in [5.74, 6) is -0.477. The van der Waals surface area contributed by atoms with Gasteiger partial charge < -0.3 is 10.4 Å². The fraction of sp³-hybridized carbons (Fsp3) is 0.0909. The summed E-state index contributed by atoms with van der Waals surface area (Å²) in [5, 5.41) is 18.2. The summed E-state index contributed by atoms with van der Waals surface area (Å²) < 4.78 is 40.4. The number of carbonyl (C=O) groups excluding carboxylic acids is 1. The van der Waals surface area contributed by atoms with Gasteiger partial charge in [-0.05, 0) is 24.3 Å². The molecule has 0 radical (unpaired) electrons. The molecule has 0 fully saturated rings. The standard InChI is InChI=1S/C22H16F3N5O2/c23-22(24,25)16-7-6-14(10-15(16)17-8-9-27-30-17)21(32)28-18-11-26-19(12-31)29-20(18)13-4-2-1-3-5-13/h1-11,31H,12H2,(H,27,30)(H,28,32). The van der Waals surface area contributed by atoms with Gasteiger partial charge in [0.2, 0.25) is 0 Å². The van der Waals surface area contributed by atoms with Crippen LogP contribution in [0.4, 0.5) is 18.9 Å². The van der Waals surface area contributed by atoms with Gasteiger partial charge in [0.05, 0.1) is 28.8 Å². The van der Waals surface area contributed by atoms with Crippen molar-refractivity contribution in [1.29, 1.82) is 0 Å². The zero-order chi connectivity index (χ0) is 22.7. The summed E-state index contributed by atoms with van der Waals surface area (Å²) >= 11 is 0. The molecule has 162 valence electrons. The number of nitrogens with zero attached hydrogens (tertiary/aromatic N) is 3. The van der Waals surface area contributed by atoms with Crippen molar-refractivity contribution in [2.75, 3.05) is 5.32 Å². The monoisotopic (exact) mass is 439 g/mol. The van der Waals surface area contributed by atoms with Gasteiger partial charge in [-0.15, -0.1) is 0 Å². The van der Waals surface area contributed by atoms with Gasteiger partial charge in [-0.3, -0.25) is 9.89 Å². The summed E-state index contributed by atoms with van der Waals surface area (Å²) in [7, 11) is 0. The molecule has 2 aromatic carbocycles.